The fourth-order valence-electron chi connectivity index (χ4n) is 4.16. The van der Waals surface area contributed by atoms with E-state index in [-0.39, 0.29) is 5.91 Å². The molecule has 6 nitrogen and oxygen atoms in total. The van der Waals surface area contributed by atoms with Gasteiger partial charge in [0.15, 0.2) is 0 Å². The lowest BCUT2D eigenvalue weighted by Gasteiger charge is -2.35. The number of hydrogen-bond donors (Lipinski definition) is 1. The van der Waals surface area contributed by atoms with E-state index in [1.54, 1.807) is 4.90 Å². The molecule has 0 saturated carbocycles. The van der Waals surface area contributed by atoms with Crippen molar-refractivity contribution in [2.45, 2.75) is 45.7 Å². The van der Waals surface area contributed by atoms with Crippen molar-refractivity contribution in [2.75, 3.05) is 40.3 Å². The molecule has 0 aromatic carbocycles. The zero-order valence-electron chi connectivity index (χ0n) is 16.2. The molecule has 0 radical (unpaired) electrons. The van der Waals surface area contributed by atoms with E-state index in [4.69, 9.17) is 0 Å². The molecule has 1 amide bonds. The molecule has 1 aromatic heterocycles. The van der Waals surface area contributed by atoms with E-state index in [2.05, 4.69) is 39.9 Å². The van der Waals surface area contributed by atoms with Gasteiger partial charge in [0.05, 0.1) is 12.2 Å². The molecule has 4 heterocycles. The summed E-state index contributed by atoms with van der Waals surface area (Å²) in [5.41, 5.74) is 2.39. The molecule has 6 heteroatoms. The predicted octanol–water partition coefficient (Wildman–Crippen LogP) is 1.59. The second kappa shape index (κ2) is 7.87. The predicted molar refractivity (Wildman–Crippen MR) is 99.2 cm³/mol. The number of nitrogens with one attached hydrogen (secondary N) is 1. The number of likely N-dealkylation sites (N-methyl/N-ethyl adjacent to an activating group) is 1. The summed E-state index contributed by atoms with van der Waals surface area (Å²) >= 11 is 0. The number of carbonyl (C=O) groups excluding carboxylic acids is 1. The smallest absolute Gasteiger partial charge is 0.236 e. The van der Waals surface area contributed by atoms with Crippen LogP contribution in [0.15, 0.2) is 6.07 Å². The van der Waals surface area contributed by atoms with Gasteiger partial charge in [-0.1, -0.05) is 13.8 Å². The number of carbonyl (C=O) groups is 1. The van der Waals surface area contributed by atoms with Gasteiger partial charge in [-0.05, 0) is 37.2 Å². The van der Waals surface area contributed by atoms with Crippen LogP contribution in [0.3, 0.4) is 0 Å². The zero-order chi connectivity index (χ0) is 18.0. The van der Waals surface area contributed by atoms with Gasteiger partial charge < -0.3 is 4.90 Å². The fraction of sp³-hybridized carbons (Fsp3) is 0.789. The average Bonchev–Trinajstić information content (AvgIpc) is 2.77. The zero-order valence-corrected chi connectivity index (χ0v) is 16.2. The SMILES string of the molecule is CC(C)Cc1cc(CN2C[C@@H]3CC[C@H]2CN(CC(=O)N(C)C)C3)[nH]n1. The molecule has 3 fully saturated rings. The Balaban J connectivity index is 1.60. The summed E-state index contributed by atoms with van der Waals surface area (Å²) in [5.74, 6) is 1.51. The maximum absolute atomic E-state index is 12.1. The van der Waals surface area contributed by atoms with Crippen LogP contribution in [0.2, 0.25) is 0 Å². The number of amides is 1. The number of aromatic amines is 1. The third kappa shape index (κ3) is 4.82. The summed E-state index contributed by atoms with van der Waals surface area (Å²) in [6.45, 7) is 9.14. The summed E-state index contributed by atoms with van der Waals surface area (Å²) in [4.78, 5) is 18.7. The molecule has 0 spiro atoms. The van der Waals surface area contributed by atoms with Crippen LogP contribution < -0.4 is 0 Å². The lowest BCUT2D eigenvalue weighted by atomic mass is 9.95. The molecule has 0 aliphatic carbocycles. The molecule has 3 saturated heterocycles. The molecule has 1 aromatic rings. The van der Waals surface area contributed by atoms with Gasteiger partial charge in [0.1, 0.15) is 0 Å². The Morgan fingerprint density at radius 3 is 2.84 bits per heavy atom. The summed E-state index contributed by atoms with van der Waals surface area (Å²) in [6.07, 6.45) is 3.56. The Morgan fingerprint density at radius 2 is 2.12 bits per heavy atom. The van der Waals surface area contributed by atoms with Crippen LogP contribution in [-0.4, -0.2) is 77.1 Å². The monoisotopic (exact) mass is 347 g/mol. The molecule has 25 heavy (non-hydrogen) atoms. The van der Waals surface area contributed by atoms with Crippen molar-refractivity contribution in [3.05, 3.63) is 17.5 Å². The number of piperidine rings is 1. The topological polar surface area (TPSA) is 55.5 Å². The first-order valence-electron chi connectivity index (χ1n) is 9.60. The van der Waals surface area contributed by atoms with Crippen LogP contribution in [0.4, 0.5) is 0 Å². The molecule has 0 unspecified atom stereocenters. The highest BCUT2D eigenvalue weighted by Crippen LogP contribution is 2.29. The van der Waals surface area contributed by atoms with Crippen LogP contribution in [0.1, 0.15) is 38.1 Å². The molecule has 3 aliphatic rings. The molecular formula is C19H33N5O. The third-order valence-electron chi connectivity index (χ3n) is 5.44. The Bertz CT molecular complexity index is 582. The Morgan fingerprint density at radius 1 is 1.32 bits per heavy atom. The standard InChI is InChI=1S/C19H33N5O/c1-14(2)7-16-8-17(21-20-16)11-24-10-15-5-6-18(24)12-23(9-15)13-19(25)22(3)4/h8,14-15,18H,5-7,9-13H2,1-4H3,(H,20,21)/t15-,18+/m1/s1. The molecule has 140 valence electrons. The van der Waals surface area contributed by atoms with Crippen molar-refractivity contribution in [1.29, 1.82) is 0 Å². The minimum absolute atomic E-state index is 0.208. The largest absolute Gasteiger partial charge is 0.348 e. The first kappa shape index (κ1) is 18.4. The van der Waals surface area contributed by atoms with Crippen molar-refractivity contribution in [2.24, 2.45) is 11.8 Å². The maximum atomic E-state index is 12.1. The summed E-state index contributed by atoms with van der Waals surface area (Å²) in [6, 6.07) is 2.77. The highest BCUT2D eigenvalue weighted by Gasteiger charge is 2.35. The number of rotatable bonds is 6. The molecule has 2 atom stereocenters. The number of fused-ring (bicyclic) bond motifs is 4. The third-order valence-corrected chi connectivity index (χ3v) is 5.44. The van der Waals surface area contributed by atoms with E-state index in [1.165, 1.54) is 24.2 Å². The van der Waals surface area contributed by atoms with E-state index in [9.17, 15) is 4.79 Å². The summed E-state index contributed by atoms with van der Waals surface area (Å²) in [7, 11) is 3.68. The van der Waals surface area contributed by atoms with Gasteiger partial charge in [0, 0.05) is 52.0 Å². The van der Waals surface area contributed by atoms with Crippen molar-refractivity contribution in [3.63, 3.8) is 0 Å². The van der Waals surface area contributed by atoms with E-state index in [0.29, 0.717) is 24.4 Å². The Kier molecular flexibility index (Phi) is 5.79. The fourth-order valence-corrected chi connectivity index (χ4v) is 4.16. The number of nitrogens with zero attached hydrogens (tertiary/aromatic N) is 4. The number of H-pyrrole nitrogens is 1. The second-order valence-corrected chi connectivity index (χ2v) is 8.49. The minimum Gasteiger partial charge on any atom is -0.348 e. The minimum atomic E-state index is 0.208. The number of aromatic nitrogens is 2. The Hall–Kier alpha value is -1.40. The lowest BCUT2D eigenvalue weighted by Crippen LogP contribution is -2.44. The van der Waals surface area contributed by atoms with Gasteiger partial charge in [-0.2, -0.15) is 5.10 Å². The van der Waals surface area contributed by atoms with E-state index in [1.807, 2.05) is 14.1 Å². The van der Waals surface area contributed by atoms with Gasteiger partial charge in [-0.3, -0.25) is 19.7 Å². The molecular weight excluding hydrogens is 314 g/mol. The molecule has 1 N–H and O–H groups in total. The van der Waals surface area contributed by atoms with Gasteiger partial charge in [0.25, 0.3) is 0 Å². The average molecular weight is 348 g/mol. The van der Waals surface area contributed by atoms with Crippen molar-refractivity contribution in [1.82, 2.24) is 24.9 Å². The van der Waals surface area contributed by atoms with Crippen LogP contribution in [-0.2, 0) is 17.8 Å². The first-order chi connectivity index (χ1) is 11.9. The Labute approximate surface area is 151 Å². The summed E-state index contributed by atoms with van der Waals surface area (Å²) < 4.78 is 0. The van der Waals surface area contributed by atoms with E-state index in [0.717, 1.165) is 32.6 Å². The van der Waals surface area contributed by atoms with Gasteiger partial charge in [-0.15, -0.1) is 0 Å². The van der Waals surface area contributed by atoms with Crippen LogP contribution in [0.25, 0.3) is 0 Å². The van der Waals surface area contributed by atoms with E-state index >= 15 is 0 Å². The normalized spacial score (nSPS) is 24.7. The number of hydrogen-bond acceptors (Lipinski definition) is 4. The van der Waals surface area contributed by atoms with Crippen LogP contribution >= 0.6 is 0 Å². The highest BCUT2D eigenvalue weighted by atomic mass is 16.2. The molecule has 2 bridgehead atoms. The van der Waals surface area contributed by atoms with Crippen molar-refractivity contribution < 1.29 is 4.79 Å². The van der Waals surface area contributed by atoms with Gasteiger partial charge in [0.2, 0.25) is 5.91 Å². The molecule has 3 aliphatic heterocycles. The highest BCUT2D eigenvalue weighted by molar-refractivity contribution is 5.77. The van der Waals surface area contributed by atoms with Gasteiger partial charge >= 0.3 is 0 Å². The van der Waals surface area contributed by atoms with Crippen molar-refractivity contribution >= 4 is 5.91 Å². The second-order valence-electron chi connectivity index (χ2n) is 8.49. The lowest BCUT2D eigenvalue weighted by molar-refractivity contribution is -0.130. The first-order valence-corrected chi connectivity index (χ1v) is 9.60. The van der Waals surface area contributed by atoms with Crippen LogP contribution in [0, 0.1) is 11.8 Å². The van der Waals surface area contributed by atoms with E-state index < -0.39 is 0 Å². The van der Waals surface area contributed by atoms with Crippen molar-refractivity contribution in [3.8, 4) is 0 Å². The maximum Gasteiger partial charge on any atom is 0.236 e. The van der Waals surface area contributed by atoms with Crippen LogP contribution in [0.5, 0.6) is 0 Å². The quantitative estimate of drug-likeness (QED) is 0.849. The summed E-state index contributed by atoms with van der Waals surface area (Å²) in [5, 5.41) is 7.70. The van der Waals surface area contributed by atoms with Gasteiger partial charge in [-0.25, -0.2) is 0 Å². The molecule has 4 rings (SSSR count).